The van der Waals surface area contributed by atoms with Gasteiger partial charge >= 0.3 is 0 Å². The van der Waals surface area contributed by atoms with Gasteiger partial charge in [-0.25, -0.2) is 0 Å². The molecule has 1 aliphatic rings. The van der Waals surface area contributed by atoms with Crippen molar-refractivity contribution in [3.05, 3.63) is 0 Å². The maximum Gasteiger partial charge on any atom is 0.228 e. The summed E-state index contributed by atoms with van der Waals surface area (Å²) in [5.74, 6) is -0.0268. The van der Waals surface area contributed by atoms with E-state index in [9.17, 15) is 9.59 Å². The average molecular weight is 534 g/mol. The zero-order valence-electron chi connectivity index (χ0n) is 22.6. The summed E-state index contributed by atoms with van der Waals surface area (Å²) < 4.78 is 37.8. The molecule has 12 nitrogen and oxygen atoms in total. The summed E-state index contributed by atoms with van der Waals surface area (Å²) in [4.78, 5) is 25.0. The van der Waals surface area contributed by atoms with E-state index >= 15 is 0 Å². The van der Waals surface area contributed by atoms with Crippen LogP contribution in [0.1, 0.15) is 33.1 Å². The quantitative estimate of drug-likeness (QED) is 0.155. The first-order valence-electron chi connectivity index (χ1n) is 13.3. The second kappa shape index (κ2) is 23.4. The van der Waals surface area contributed by atoms with Gasteiger partial charge in [0, 0.05) is 38.5 Å². The van der Waals surface area contributed by atoms with E-state index in [0.29, 0.717) is 105 Å². The largest absolute Gasteiger partial charge is 0.379 e. The first kappa shape index (κ1) is 33.4. The third-order valence-corrected chi connectivity index (χ3v) is 5.25. The van der Waals surface area contributed by atoms with E-state index in [2.05, 4.69) is 12.2 Å². The Kier molecular flexibility index (Phi) is 21.1. The number of nitrogens with one attached hydrogen (secondary N) is 2. The van der Waals surface area contributed by atoms with Crippen LogP contribution in [0.4, 0.5) is 0 Å². The van der Waals surface area contributed by atoms with Crippen LogP contribution in [0, 0.1) is 11.3 Å². The molecule has 1 saturated heterocycles. The Morgan fingerprint density at radius 3 is 1.57 bits per heavy atom. The summed E-state index contributed by atoms with van der Waals surface area (Å²) in [5, 5.41) is 10.6. The molecule has 0 aromatic heterocycles. The maximum atomic E-state index is 11.9. The van der Waals surface area contributed by atoms with Crippen molar-refractivity contribution in [1.82, 2.24) is 10.2 Å². The van der Waals surface area contributed by atoms with Gasteiger partial charge in [0.05, 0.1) is 85.9 Å². The van der Waals surface area contributed by atoms with Gasteiger partial charge in [0.2, 0.25) is 11.8 Å². The SMILES string of the molecule is CCCOCCOCCOCCOCCOCCOCCOCCNC(=O)CCN1C(=N)C(C)CC1=O. The Morgan fingerprint density at radius 2 is 1.19 bits per heavy atom. The third-order valence-electron chi connectivity index (χ3n) is 5.25. The molecule has 0 aromatic carbocycles. The van der Waals surface area contributed by atoms with Gasteiger partial charge in [0.1, 0.15) is 5.84 Å². The Balaban J connectivity index is 1.73. The molecule has 37 heavy (non-hydrogen) atoms. The van der Waals surface area contributed by atoms with Crippen molar-refractivity contribution in [3.8, 4) is 0 Å². The number of nitrogens with zero attached hydrogens (tertiary/aromatic N) is 1. The molecule has 2 amide bonds. The Bertz CT molecular complexity index is 610. The van der Waals surface area contributed by atoms with E-state index in [1.807, 2.05) is 6.92 Å². The standard InChI is InChI=1S/C25H47N3O9/c1-3-7-31-9-11-33-13-15-35-17-19-37-20-18-36-16-14-34-12-10-32-8-5-27-23(29)4-6-28-24(30)21-22(2)25(28)26/h22,26H,3-21H2,1-2H3,(H,27,29). The molecule has 0 aliphatic carbocycles. The molecule has 0 radical (unpaired) electrons. The van der Waals surface area contributed by atoms with Crippen molar-refractivity contribution in [2.45, 2.75) is 33.1 Å². The first-order valence-corrected chi connectivity index (χ1v) is 13.3. The normalized spacial score (nSPS) is 15.6. The van der Waals surface area contributed by atoms with Crippen molar-refractivity contribution in [2.24, 2.45) is 5.92 Å². The van der Waals surface area contributed by atoms with Crippen LogP contribution in [0.3, 0.4) is 0 Å². The average Bonchev–Trinajstić information content (AvgIpc) is 3.13. The van der Waals surface area contributed by atoms with E-state index in [1.165, 1.54) is 4.90 Å². The van der Waals surface area contributed by atoms with Gasteiger partial charge in [0.25, 0.3) is 0 Å². The van der Waals surface area contributed by atoms with E-state index in [0.717, 1.165) is 13.0 Å². The zero-order chi connectivity index (χ0) is 27.0. The smallest absolute Gasteiger partial charge is 0.228 e. The van der Waals surface area contributed by atoms with E-state index in [1.54, 1.807) is 0 Å². The Morgan fingerprint density at radius 1 is 0.784 bits per heavy atom. The van der Waals surface area contributed by atoms with Crippen LogP contribution in [0.2, 0.25) is 0 Å². The molecule has 12 heteroatoms. The number of hydrogen-bond acceptors (Lipinski definition) is 10. The van der Waals surface area contributed by atoms with Crippen LogP contribution in [0.15, 0.2) is 0 Å². The topological polar surface area (TPSA) is 138 Å². The molecular weight excluding hydrogens is 486 g/mol. The highest BCUT2D eigenvalue weighted by Gasteiger charge is 2.32. The number of carbonyl (C=O) groups is 2. The fourth-order valence-corrected chi connectivity index (χ4v) is 3.24. The second-order valence-electron chi connectivity index (χ2n) is 8.42. The molecule has 2 N–H and O–H groups in total. The zero-order valence-corrected chi connectivity index (χ0v) is 22.6. The monoisotopic (exact) mass is 533 g/mol. The van der Waals surface area contributed by atoms with E-state index in [-0.39, 0.29) is 30.7 Å². The maximum absolute atomic E-state index is 11.9. The van der Waals surface area contributed by atoms with Gasteiger partial charge < -0.3 is 43.4 Å². The highest BCUT2D eigenvalue weighted by Crippen LogP contribution is 2.18. The van der Waals surface area contributed by atoms with Crippen molar-refractivity contribution in [3.63, 3.8) is 0 Å². The Hall–Kier alpha value is -1.67. The number of rotatable bonds is 26. The van der Waals surface area contributed by atoms with E-state index in [4.69, 9.17) is 38.6 Å². The van der Waals surface area contributed by atoms with Crippen molar-refractivity contribution in [1.29, 1.82) is 5.41 Å². The summed E-state index contributed by atoms with van der Waals surface area (Å²) in [7, 11) is 0. The molecular formula is C25H47N3O9. The number of amidine groups is 1. The van der Waals surface area contributed by atoms with Gasteiger partial charge in [-0.3, -0.25) is 15.0 Å². The molecule has 1 unspecified atom stereocenters. The van der Waals surface area contributed by atoms with Crippen LogP contribution in [-0.2, 0) is 42.7 Å². The molecule has 0 saturated carbocycles. The summed E-state index contributed by atoms with van der Waals surface area (Å²) in [5.41, 5.74) is 0. The van der Waals surface area contributed by atoms with Gasteiger partial charge in [-0.2, -0.15) is 0 Å². The van der Waals surface area contributed by atoms with Crippen LogP contribution in [-0.4, -0.2) is 128 Å². The molecule has 1 aliphatic heterocycles. The molecule has 1 rings (SSSR count). The summed E-state index contributed by atoms with van der Waals surface area (Å²) in [6.07, 6.45) is 1.54. The van der Waals surface area contributed by atoms with Crippen LogP contribution >= 0.6 is 0 Å². The highest BCUT2D eigenvalue weighted by molar-refractivity contribution is 6.04. The third kappa shape index (κ3) is 18.3. The molecule has 216 valence electrons. The second-order valence-corrected chi connectivity index (χ2v) is 8.42. The van der Waals surface area contributed by atoms with E-state index < -0.39 is 0 Å². The van der Waals surface area contributed by atoms with Crippen molar-refractivity contribution < 1.29 is 42.7 Å². The van der Waals surface area contributed by atoms with Crippen LogP contribution in [0.25, 0.3) is 0 Å². The predicted molar refractivity (Wildman–Crippen MR) is 137 cm³/mol. The number of ether oxygens (including phenoxy) is 7. The van der Waals surface area contributed by atoms with Gasteiger partial charge in [-0.1, -0.05) is 13.8 Å². The minimum Gasteiger partial charge on any atom is -0.379 e. The lowest BCUT2D eigenvalue weighted by molar-refractivity contribution is -0.126. The van der Waals surface area contributed by atoms with Gasteiger partial charge in [0.15, 0.2) is 0 Å². The molecule has 0 aromatic rings. The van der Waals surface area contributed by atoms with Gasteiger partial charge in [-0.15, -0.1) is 0 Å². The summed E-state index contributed by atoms with van der Waals surface area (Å²) in [6.45, 7) is 11.8. The highest BCUT2D eigenvalue weighted by atomic mass is 16.6. The van der Waals surface area contributed by atoms with Crippen molar-refractivity contribution in [2.75, 3.05) is 106 Å². The lowest BCUT2D eigenvalue weighted by Crippen LogP contribution is -2.35. The molecule has 1 atom stereocenters. The molecule has 1 fully saturated rings. The number of amides is 2. The molecule has 0 spiro atoms. The lowest BCUT2D eigenvalue weighted by atomic mass is 10.1. The minimum atomic E-state index is -0.164. The summed E-state index contributed by atoms with van der Waals surface area (Å²) >= 11 is 0. The van der Waals surface area contributed by atoms with Crippen LogP contribution in [0.5, 0.6) is 0 Å². The Labute approximate surface area is 221 Å². The fourth-order valence-electron chi connectivity index (χ4n) is 3.24. The van der Waals surface area contributed by atoms with Crippen molar-refractivity contribution >= 4 is 17.6 Å². The summed E-state index contributed by atoms with van der Waals surface area (Å²) in [6, 6.07) is 0. The first-order chi connectivity index (χ1) is 18.1. The molecule has 0 bridgehead atoms. The number of likely N-dealkylation sites (tertiary alicyclic amines) is 1. The fraction of sp³-hybridized carbons (Fsp3) is 0.880. The lowest BCUT2D eigenvalue weighted by Gasteiger charge is -2.16. The molecule has 1 heterocycles. The minimum absolute atomic E-state index is 0.0693. The number of hydrogen-bond donors (Lipinski definition) is 2. The van der Waals surface area contributed by atoms with Gasteiger partial charge in [-0.05, 0) is 6.42 Å². The van der Waals surface area contributed by atoms with Crippen LogP contribution < -0.4 is 5.32 Å². The predicted octanol–water partition coefficient (Wildman–Crippen LogP) is 0.865. The number of carbonyl (C=O) groups excluding carboxylic acids is 2.